The average Bonchev–Trinajstić information content (AvgIpc) is 2.56. The van der Waals surface area contributed by atoms with E-state index >= 15 is 0 Å². The zero-order valence-electron chi connectivity index (χ0n) is 13.2. The highest BCUT2D eigenvalue weighted by atomic mass is 19.4. The summed E-state index contributed by atoms with van der Waals surface area (Å²) in [5.74, 6) is -48.0. The van der Waals surface area contributed by atoms with Crippen molar-refractivity contribution >= 4 is 23.8 Å². The van der Waals surface area contributed by atoms with Crippen LogP contribution < -0.4 is 10.6 Å². The van der Waals surface area contributed by atoms with Crippen molar-refractivity contribution in [3.8, 4) is 0 Å². The number of amides is 2. The van der Waals surface area contributed by atoms with Gasteiger partial charge in [0.05, 0.1) is 0 Å². The van der Waals surface area contributed by atoms with Crippen molar-refractivity contribution in [3.63, 3.8) is 0 Å². The highest BCUT2D eigenvalue weighted by molar-refractivity contribution is 5.89. The smallest absolute Gasteiger partial charge is 0.392 e. The Kier molecular flexibility index (Phi) is 7.13. The molecule has 0 bridgehead atoms. The Morgan fingerprint density at radius 2 is 0.793 bits per heavy atom. The molecule has 8 nitrogen and oxygen atoms in total. The predicted octanol–water partition coefficient (Wildman–Crippen LogP) is 0.565. The lowest BCUT2D eigenvalue weighted by Crippen LogP contribution is -2.72. The van der Waals surface area contributed by atoms with Gasteiger partial charge in [0.2, 0.25) is 0 Å². The molecule has 0 aliphatic carbocycles. The molecular formula is C11H8F10N2O6. The lowest BCUT2D eigenvalue weighted by molar-refractivity contribution is -0.387. The predicted molar refractivity (Wildman–Crippen MR) is 66.0 cm³/mol. The van der Waals surface area contributed by atoms with E-state index in [0.29, 0.717) is 10.6 Å². The molecule has 0 saturated carbocycles. The van der Waals surface area contributed by atoms with Crippen molar-refractivity contribution in [3.05, 3.63) is 0 Å². The van der Waals surface area contributed by atoms with E-state index in [1.807, 2.05) is 0 Å². The van der Waals surface area contributed by atoms with Crippen LogP contribution in [0.5, 0.6) is 0 Å². The van der Waals surface area contributed by atoms with Crippen LogP contribution in [0.1, 0.15) is 0 Å². The van der Waals surface area contributed by atoms with Gasteiger partial charge < -0.3 is 20.8 Å². The van der Waals surface area contributed by atoms with Gasteiger partial charge in [-0.15, -0.1) is 0 Å². The highest BCUT2D eigenvalue weighted by Crippen LogP contribution is 2.57. The third-order valence-electron chi connectivity index (χ3n) is 2.95. The third-order valence-corrected chi connectivity index (χ3v) is 2.95. The molecule has 4 N–H and O–H groups in total. The Morgan fingerprint density at radius 1 is 0.552 bits per heavy atom. The Labute approximate surface area is 151 Å². The Balaban J connectivity index is 6.07. The number of carbonyl (C=O) groups is 4. The molecule has 29 heavy (non-hydrogen) atoms. The molecule has 0 radical (unpaired) electrons. The Morgan fingerprint density at radius 3 is 1.00 bits per heavy atom. The first-order valence-electron chi connectivity index (χ1n) is 6.57. The number of hydrogen-bond donors (Lipinski definition) is 4. The zero-order chi connectivity index (χ0) is 23.6. The van der Waals surface area contributed by atoms with Crippen LogP contribution in [0, 0.1) is 0 Å². The normalized spacial score (nSPS) is 13.6. The van der Waals surface area contributed by atoms with Crippen molar-refractivity contribution in [1.82, 2.24) is 10.6 Å². The van der Waals surface area contributed by atoms with Gasteiger partial charge in [-0.05, 0) is 0 Å². The molecule has 0 unspecified atom stereocenters. The summed E-state index contributed by atoms with van der Waals surface area (Å²) in [6.07, 6.45) is 0. The van der Waals surface area contributed by atoms with Gasteiger partial charge in [-0.25, -0.2) is 0 Å². The Bertz CT molecular complexity index is 640. The number of alkyl halides is 10. The summed E-state index contributed by atoms with van der Waals surface area (Å²) in [4.78, 5) is 41.8. The summed E-state index contributed by atoms with van der Waals surface area (Å²) < 4.78 is 134. The maximum absolute atomic E-state index is 13.4. The fraction of sp³-hybridized carbons (Fsp3) is 0.636. The average molecular weight is 454 g/mol. The van der Waals surface area contributed by atoms with Gasteiger partial charge >= 0.3 is 41.6 Å². The van der Waals surface area contributed by atoms with Crippen molar-refractivity contribution in [2.45, 2.75) is 29.6 Å². The number of halogens is 10. The molecule has 0 spiro atoms. The summed E-state index contributed by atoms with van der Waals surface area (Å²) in [5, 5.41) is 17.1. The van der Waals surface area contributed by atoms with Gasteiger partial charge in [0.15, 0.2) is 0 Å². The van der Waals surface area contributed by atoms with Crippen molar-refractivity contribution < 1.29 is 73.3 Å². The fourth-order valence-corrected chi connectivity index (χ4v) is 1.41. The van der Waals surface area contributed by atoms with E-state index in [4.69, 9.17) is 10.2 Å². The SMILES string of the molecule is O=C(O)CNC(=O)C(F)(F)C(F)(F)C(F)(F)C(F)(F)C(F)(F)C(=O)NCC(=O)O. The minimum atomic E-state index is -7.78. The van der Waals surface area contributed by atoms with Crippen LogP contribution in [-0.4, -0.2) is 76.7 Å². The van der Waals surface area contributed by atoms with Crippen LogP contribution in [0.3, 0.4) is 0 Å². The number of carboxylic acids is 2. The molecule has 0 saturated heterocycles. The molecule has 0 rings (SSSR count). The van der Waals surface area contributed by atoms with E-state index in [9.17, 15) is 63.1 Å². The van der Waals surface area contributed by atoms with Crippen LogP contribution in [0.15, 0.2) is 0 Å². The van der Waals surface area contributed by atoms with Crippen molar-refractivity contribution in [2.24, 2.45) is 0 Å². The van der Waals surface area contributed by atoms with E-state index in [-0.39, 0.29) is 0 Å². The van der Waals surface area contributed by atoms with Gasteiger partial charge in [0.1, 0.15) is 13.1 Å². The van der Waals surface area contributed by atoms with Crippen LogP contribution in [0.2, 0.25) is 0 Å². The second kappa shape index (κ2) is 7.90. The number of hydrogen-bond acceptors (Lipinski definition) is 4. The maximum atomic E-state index is 13.4. The number of nitrogens with one attached hydrogen (secondary N) is 2. The molecule has 18 heteroatoms. The zero-order valence-corrected chi connectivity index (χ0v) is 13.2. The van der Waals surface area contributed by atoms with Gasteiger partial charge in [-0.1, -0.05) is 0 Å². The molecule has 0 aromatic heterocycles. The minimum Gasteiger partial charge on any atom is -0.480 e. The van der Waals surface area contributed by atoms with E-state index in [0.717, 1.165) is 0 Å². The first-order valence-corrected chi connectivity index (χ1v) is 6.57. The van der Waals surface area contributed by atoms with Crippen LogP contribution in [-0.2, 0) is 19.2 Å². The van der Waals surface area contributed by atoms with Gasteiger partial charge in [0, 0.05) is 0 Å². The van der Waals surface area contributed by atoms with Crippen LogP contribution >= 0.6 is 0 Å². The first kappa shape index (κ1) is 26.2. The van der Waals surface area contributed by atoms with E-state index in [1.165, 1.54) is 0 Å². The maximum Gasteiger partial charge on any atom is 0.392 e. The number of rotatable bonds is 10. The topological polar surface area (TPSA) is 133 Å². The molecule has 0 fully saturated rings. The van der Waals surface area contributed by atoms with Gasteiger partial charge in [-0.2, -0.15) is 43.9 Å². The van der Waals surface area contributed by atoms with Crippen LogP contribution in [0.25, 0.3) is 0 Å². The molecule has 168 valence electrons. The third kappa shape index (κ3) is 4.44. The number of carboxylic acid groups (broad SMARTS) is 2. The molecule has 0 heterocycles. The van der Waals surface area contributed by atoms with Gasteiger partial charge in [-0.3, -0.25) is 19.2 Å². The second-order valence-electron chi connectivity index (χ2n) is 5.02. The lowest BCUT2D eigenvalue weighted by atomic mass is 9.93. The molecular weight excluding hydrogens is 446 g/mol. The quantitative estimate of drug-likeness (QED) is 0.357. The number of aliphatic carboxylic acids is 2. The largest absolute Gasteiger partial charge is 0.480 e. The molecule has 2 amide bonds. The van der Waals surface area contributed by atoms with Crippen molar-refractivity contribution in [2.75, 3.05) is 13.1 Å². The summed E-state index contributed by atoms with van der Waals surface area (Å²) in [5.41, 5.74) is 0. The summed E-state index contributed by atoms with van der Waals surface area (Å²) in [6.45, 7) is -3.72. The summed E-state index contributed by atoms with van der Waals surface area (Å²) in [6, 6.07) is 0. The molecule has 0 aromatic carbocycles. The second-order valence-corrected chi connectivity index (χ2v) is 5.02. The lowest BCUT2D eigenvalue weighted by Gasteiger charge is -2.38. The highest BCUT2D eigenvalue weighted by Gasteiger charge is 2.88. The molecule has 0 aromatic rings. The summed E-state index contributed by atoms with van der Waals surface area (Å²) >= 11 is 0. The van der Waals surface area contributed by atoms with E-state index in [1.54, 1.807) is 0 Å². The standard InChI is InChI=1S/C11H8F10N2O6/c12-7(13,5(28)22-1-3(24)25)9(16,17)11(20,21)10(18,19)8(14,15)6(29)23-2-4(26)27/h1-2H2,(H,22,28)(H,23,29)(H,24,25)(H,26,27). The summed E-state index contributed by atoms with van der Waals surface area (Å²) in [7, 11) is 0. The fourth-order valence-electron chi connectivity index (χ4n) is 1.41. The van der Waals surface area contributed by atoms with E-state index < -0.39 is 66.5 Å². The van der Waals surface area contributed by atoms with Crippen LogP contribution in [0.4, 0.5) is 43.9 Å². The minimum absolute atomic E-state index is 0.468. The molecule has 0 aliphatic rings. The monoisotopic (exact) mass is 454 g/mol. The molecule has 0 aliphatic heterocycles. The molecule has 0 atom stereocenters. The first-order chi connectivity index (χ1) is 12.7. The Hall–Kier alpha value is -2.82. The van der Waals surface area contributed by atoms with Gasteiger partial charge in [0.25, 0.3) is 11.8 Å². The number of carbonyl (C=O) groups excluding carboxylic acids is 2. The van der Waals surface area contributed by atoms with E-state index in [2.05, 4.69) is 0 Å². The van der Waals surface area contributed by atoms with Crippen molar-refractivity contribution in [1.29, 1.82) is 0 Å².